The van der Waals surface area contributed by atoms with Crippen LogP contribution in [0.2, 0.25) is 0 Å². The molecule has 0 saturated heterocycles. The van der Waals surface area contributed by atoms with Crippen LogP contribution >= 0.6 is 0 Å². The van der Waals surface area contributed by atoms with Crippen LogP contribution < -0.4 is 10.6 Å². The van der Waals surface area contributed by atoms with E-state index in [1.54, 1.807) is 0 Å². The molecule has 156 valence electrons. The molecule has 3 aromatic carbocycles. The van der Waals surface area contributed by atoms with Gasteiger partial charge in [0, 0.05) is 11.3 Å². The Hall–Kier alpha value is -3.60. The molecule has 2 N–H and O–H groups in total. The van der Waals surface area contributed by atoms with Gasteiger partial charge in [-0.1, -0.05) is 55.5 Å². The summed E-state index contributed by atoms with van der Waals surface area (Å²) >= 11 is 0. The van der Waals surface area contributed by atoms with Crippen molar-refractivity contribution >= 4 is 33.9 Å². The average molecular weight is 412 g/mol. The van der Waals surface area contributed by atoms with Crippen LogP contribution in [0.15, 0.2) is 78.0 Å². The summed E-state index contributed by atoms with van der Waals surface area (Å²) < 4.78 is 4.98. The predicted molar refractivity (Wildman–Crippen MR) is 122 cm³/mol. The number of nitrogens with one attached hydrogen (secondary N) is 2. The number of hydrogen-bond donors (Lipinski definition) is 2. The van der Waals surface area contributed by atoms with Crippen molar-refractivity contribution in [3.8, 4) is 0 Å². The van der Waals surface area contributed by atoms with Crippen molar-refractivity contribution in [1.29, 1.82) is 0 Å². The molecule has 1 heterocycles. The van der Waals surface area contributed by atoms with Gasteiger partial charge in [-0.2, -0.15) is 0 Å². The van der Waals surface area contributed by atoms with Crippen LogP contribution in [-0.4, -0.2) is 18.9 Å². The first-order chi connectivity index (χ1) is 15.1. The molecule has 5 rings (SSSR count). The van der Waals surface area contributed by atoms with Gasteiger partial charge in [0.25, 0.3) is 0 Å². The van der Waals surface area contributed by atoms with E-state index in [9.17, 15) is 9.59 Å². The number of anilines is 2. The van der Waals surface area contributed by atoms with E-state index in [4.69, 9.17) is 4.74 Å². The number of ether oxygens (including phenoxy) is 1. The number of ketones is 1. The molecular weight excluding hydrogens is 388 g/mol. The second kappa shape index (κ2) is 7.58. The molecular formula is C26H24N2O3. The summed E-state index contributed by atoms with van der Waals surface area (Å²) in [5.74, 6) is -1.58. The zero-order valence-corrected chi connectivity index (χ0v) is 17.5. The van der Waals surface area contributed by atoms with E-state index in [-0.39, 0.29) is 17.7 Å². The van der Waals surface area contributed by atoms with Gasteiger partial charge in [0.15, 0.2) is 5.78 Å². The van der Waals surface area contributed by atoms with Crippen LogP contribution in [-0.2, 0) is 14.3 Å². The Bertz CT molecular complexity index is 1230. The van der Waals surface area contributed by atoms with Gasteiger partial charge in [-0.3, -0.25) is 9.59 Å². The third kappa shape index (κ3) is 3.26. The van der Waals surface area contributed by atoms with Gasteiger partial charge in [0.05, 0.1) is 24.5 Å². The normalized spacial score (nSPS) is 22.6. The minimum Gasteiger partial charge on any atom is -0.468 e. The maximum absolute atomic E-state index is 13.7. The van der Waals surface area contributed by atoms with Crippen LogP contribution in [0.1, 0.15) is 24.9 Å². The lowest BCUT2D eigenvalue weighted by Gasteiger charge is -2.32. The third-order valence-corrected chi connectivity index (χ3v) is 6.33. The number of esters is 1. The Morgan fingerprint density at radius 3 is 2.45 bits per heavy atom. The van der Waals surface area contributed by atoms with E-state index in [1.807, 2.05) is 43.3 Å². The highest BCUT2D eigenvalue weighted by Crippen LogP contribution is 2.44. The van der Waals surface area contributed by atoms with Gasteiger partial charge < -0.3 is 15.4 Å². The topological polar surface area (TPSA) is 67.4 Å². The summed E-state index contributed by atoms with van der Waals surface area (Å²) in [5, 5.41) is 9.30. The Kier molecular flexibility index (Phi) is 4.74. The molecule has 0 spiro atoms. The summed E-state index contributed by atoms with van der Waals surface area (Å²) in [5.41, 5.74) is 4.31. The Morgan fingerprint density at radius 2 is 1.68 bits per heavy atom. The van der Waals surface area contributed by atoms with Gasteiger partial charge >= 0.3 is 5.97 Å². The van der Waals surface area contributed by atoms with Gasteiger partial charge in [0.2, 0.25) is 0 Å². The van der Waals surface area contributed by atoms with Crippen molar-refractivity contribution in [2.75, 3.05) is 17.7 Å². The molecule has 5 nitrogen and oxygen atoms in total. The highest BCUT2D eigenvalue weighted by Gasteiger charge is 2.44. The Labute approximate surface area is 181 Å². The highest BCUT2D eigenvalue weighted by molar-refractivity contribution is 6.11. The first kappa shape index (κ1) is 19.4. The summed E-state index contributed by atoms with van der Waals surface area (Å²) in [6.45, 7) is 1.93. The van der Waals surface area contributed by atoms with E-state index >= 15 is 0 Å². The minimum absolute atomic E-state index is 0.145. The lowest BCUT2D eigenvalue weighted by molar-refractivity contribution is -0.151. The van der Waals surface area contributed by atoms with Crippen molar-refractivity contribution in [2.24, 2.45) is 11.8 Å². The number of para-hydroxylation sites is 2. The number of allylic oxidation sites excluding steroid dienone is 1. The Balaban J connectivity index is 1.69. The fraction of sp³-hybridized carbons (Fsp3) is 0.231. The maximum Gasteiger partial charge on any atom is 0.316 e. The van der Waals surface area contributed by atoms with Crippen LogP contribution in [0.25, 0.3) is 10.8 Å². The van der Waals surface area contributed by atoms with Gasteiger partial charge in [-0.05, 0) is 46.9 Å². The molecule has 5 heteroatoms. The molecule has 2 aliphatic rings. The van der Waals surface area contributed by atoms with Crippen LogP contribution in [0.5, 0.6) is 0 Å². The fourth-order valence-corrected chi connectivity index (χ4v) is 4.77. The summed E-state index contributed by atoms with van der Waals surface area (Å²) in [6.07, 6.45) is 0.598. The zero-order valence-electron chi connectivity index (χ0n) is 17.5. The largest absolute Gasteiger partial charge is 0.468 e. The molecule has 0 saturated carbocycles. The SMILES string of the molecule is COC(=O)[C@H]1C(=O)C2=C(C[C@H]1C)Nc1ccccc1N[C@H]2c1ccc2ccccc2c1. The maximum atomic E-state index is 13.7. The standard InChI is InChI=1S/C26H24N2O3/c1-15-13-21-23(25(29)22(15)26(30)31-2)24(28-20-10-6-5-9-19(20)27-21)18-12-11-16-7-3-4-8-17(16)14-18/h3-12,14-15,22,24,27-28H,13H2,1-2H3/t15-,22-,24+/m1/s1. The number of benzene rings is 3. The number of Topliss-reactive ketones (excluding diaryl/α,β-unsaturated/α-hetero) is 1. The second-order valence-electron chi connectivity index (χ2n) is 8.29. The average Bonchev–Trinajstić information content (AvgIpc) is 2.95. The molecule has 1 aliphatic heterocycles. The minimum atomic E-state index is -0.795. The fourth-order valence-electron chi connectivity index (χ4n) is 4.77. The lowest BCUT2D eigenvalue weighted by Crippen LogP contribution is -2.39. The number of carbonyl (C=O) groups is 2. The molecule has 3 atom stereocenters. The number of rotatable bonds is 2. The summed E-state index contributed by atoms with van der Waals surface area (Å²) in [6, 6.07) is 22.0. The first-order valence-electron chi connectivity index (χ1n) is 10.5. The number of methoxy groups -OCH3 is 1. The smallest absolute Gasteiger partial charge is 0.316 e. The molecule has 3 aromatic rings. The van der Waals surface area contributed by atoms with E-state index in [1.165, 1.54) is 7.11 Å². The van der Waals surface area contributed by atoms with E-state index in [0.717, 1.165) is 33.4 Å². The summed E-state index contributed by atoms with van der Waals surface area (Å²) in [7, 11) is 1.34. The van der Waals surface area contributed by atoms with Gasteiger partial charge in [-0.15, -0.1) is 0 Å². The van der Waals surface area contributed by atoms with Crippen molar-refractivity contribution < 1.29 is 14.3 Å². The van der Waals surface area contributed by atoms with Crippen molar-refractivity contribution in [1.82, 2.24) is 0 Å². The van der Waals surface area contributed by atoms with Crippen molar-refractivity contribution in [2.45, 2.75) is 19.4 Å². The first-order valence-corrected chi connectivity index (χ1v) is 10.5. The number of hydrogen-bond acceptors (Lipinski definition) is 5. The van der Waals surface area contributed by atoms with E-state index < -0.39 is 11.9 Å². The summed E-state index contributed by atoms with van der Waals surface area (Å²) in [4.78, 5) is 26.2. The van der Waals surface area contributed by atoms with Crippen molar-refractivity contribution in [3.63, 3.8) is 0 Å². The monoisotopic (exact) mass is 412 g/mol. The lowest BCUT2D eigenvalue weighted by atomic mass is 9.74. The molecule has 0 unspecified atom stereocenters. The molecule has 0 radical (unpaired) electrons. The van der Waals surface area contributed by atoms with Crippen LogP contribution in [0, 0.1) is 11.8 Å². The Morgan fingerprint density at radius 1 is 0.968 bits per heavy atom. The van der Waals surface area contributed by atoms with Crippen LogP contribution in [0.4, 0.5) is 11.4 Å². The number of fused-ring (bicyclic) bond motifs is 2. The van der Waals surface area contributed by atoms with Gasteiger partial charge in [-0.25, -0.2) is 0 Å². The molecule has 0 aromatic heterocycles. The van der Waals surface area contributed by atoms with E-state index in [0.29, 0.717) is 12.0 Å². The number of carbonyl (C=O) groups excluding carboxylic acids is 2. The van der Waals surface area contributed by atoms with Crippen LogP contribution in [0.3, 0.4) is 0 Å². The zero-order chi connectivity index (χ0) is 21.5. The predicted octanol–water partition coefficient (Wildman–Crippen LogP) is 5.07. The molecule has 0 fully saturated rings. The highest BCUT2D eigenvalue weighted by atomic mass is 16.5. The van der Waals surface area contributed by atoms with E-state index in [2.05, 4.69) is 41.0 Å². The molecule has 1 aliphatic carbocycles. The molecule has 0 bridgehead atoms. The third-order valence-electron chi connectivity index (χ3n) is 6.33. The van der Waals surface area contributed by atoms with Crippen molar-refractivity contribution in [3.05, 3.63) is 83.6 Å². The second-order valence-corrected chi connectivity index (χ2v) is 8.29. The van der Waals surface area contributed by atoms with Gasteiger partial charge in [0.1, 0.15) is 5.92 Å². The molecule has 31 heavy (non-hydrogen) atoms. The molecule has 0 amide bonds. The quantitative estimate of drug-likeness (QED) is 0.454.